The molecule has 0 aliphatic heterocycles. The SMILES string of the molecule is CCNC(c1cc(Br)ccc1I)C(C)CC. The third kappa shape index (κ3) is 3.70. The van der Waals surface area contributed by atoms with Gasteiger partial charge >= 0.3 is 0 Å². The Bertz CT molecular complexity index is 341. The summed E-state index contributed by atoms with van der Waals surface area (Å²) in [6.07, 6.45) is 1.19. The van der Waals surface area contributed by atoms with Gasteiger partial charge in [0.1, 0.15) is 0 Å². The van der Waals surface area contributed by atoms with E-state index in [1.54, 1.807) is 0 Å². The van der Waals surface area contributed by atoms with Crippen molar-refractivity contribution in [2.45, 2.75) is 33.2 Å². The fraction of sp³-hybridized carbons (Fsp3) is 0.538. The van der Waals surface area contributed by atoms with E-state index >= 15 is 0 Å². The van der Waals surface area contributed by atoms with Gasteiger partial charge in [0.05, 0.1) is 0 Å². The van der Waals surface area contributed by atoms with Gasteiger partial charge in [-0.15, -0.1) is 0 Å². The standard InChI is InChI=1S/C13H19BrIN/c1-4-9(3)13(16-5-2)11-8-10(14)6-7-12(11)15/h6-9,13,16H,4-5H2,1-3H3. The minimum absolute atomic E-state index is 0.458. The molecule has 0 aromatic heterocycles. The maximum Gasteiger partial charge on any atom is 0.0356 e. The average molecular weight is 396 g/mol. The molecular formula is C13H19BrIN. The van der Waals surface area contributed by atoms with Gasteiger partial charge in [-0.3, -0.25) is 0 Å². The quantitative estimate of drug-likeness (QED) is 0.709. The predicted octanol–water partition coefficient (Wildman–Crippen LogP) is 4.75. The van der Waals surface area contributed by atoms with Crippen LogP contribution in [0.4, 0.5) is 0 Å². The first-order chi connectivity index (χ1) is 7.60. The maximum atomic E-state index is 3.59. The van der Waals surface area contributed by atoms with Gasteiger partial charge in [-0.25, -0.2) is 0 Å². The molecule has 1 aromatic carbocycles. The molecule has 1 rings (SSSR count). The molecule has 0 fully saturated rings. The summed E-state index contributed by atoms with van der Waals surface area (Å²) in [5.41, 5.74) is 1.41. The number of hydrogen-bond donors (Lipinski definition) is 1. The molecule has 0 aliphatic carbocycles. The Morgan fingerprint density at radius 2 is 2.06 bits per heavy atom. The molecule has 0 saturated heterocycles. The average Bonchev–Trinajstić information content (AvgIpc) is 2.28. The Morgan fingerprint density at radius 1 is 1.38 bits per heavy atom. The molecule has 0 spiro atoms. The first kappa shape index (κ1) is 14.5. The van der Waals surface area contributed by atoms with Crippen LogP contribution < -0.4 is 5.32 Å². The van der Waals surface area contributed by atoms with Crippen molar-refractivity contribution in [3.63, 3.8) is 0 Å². The van der Waals surface area contributed by atoms with Gasteiger partial charge in [0.25, 0.3) is 0 Å². The van der Waals surface area contributed by atoms with Gasteiger partial charge < -0.3 is 5.32 Å². The van der Waals surface area contributed by atoms with Crippen LogP contribution in [0.2, 0.25) is 0 Å². The summed E-state index contributed by atoms with van der Waals surface area (Å²) in [6.45, 7) is 7.74. The second kappa shape index (κ2) is 6.97. The highest BCUT2D eigenvalue weighted by atomic mass is 127. The minimum Gasteiger partial charge on any atom is -0.310 e. The van der Waals surface area contributed by atoms with E-state index in [1.807, 2.05) is 0 Å². The van der Waals surface area contributed by atoms with E-state index in [1.165, 1.54) is 15.6 Å². The molecular weight excluding hydrogens is 377 g/mol. The Balaban J connectivity index is 3.04. The summed E-state index contributed by atoms with van der Waals surface area (Å²) in [7, 11) is 0. The molecule has 0 heterocycles. The minimum atomic E-state index is 0.458. The van der Waals surface area contributed by atoms with E-state index in [0.29, 0.717) is 12.0 Å². The molecule has 2 atom stereocenters. The van der Waals surface area contributed by atoms with Crippen LogP contribution in [0.3, 0.4) is 0 Å². The van der Waals surface area contributed by atoms with Gasteiger partial charge in [0.2, 0.25) is 0 Å². The van der Waals surface area contributed by atoms with Crippen molar-refractivity contribution >= 4 is 38.5 Å². The molecule has 1 N–H and O–H groups in total. The summed E-state index contributed by atoms with van der Waals surface area (Å²) >= 11 is 5.98. The molecule has 1 aromatic rings. The van der Waals surface area contributed by atoms with Crippen molar-refractivity contribution < 1.29 is 0 Å². The normalized spacial score (nSPS) is 14.8. The molecule has 0 bridgehead atoms. The van der Waals surface area contributed by atoms with Crippen LogP contribution in [0.1, 0.15) is 38.8 Å². The summed E-state index contributed by atoms with van der Waals surface area (Å²) in [5.74, 6) is 0.655. The molecule has 0 radical (unpaired) electrons. The third-order valence-corrected chi connectivity index (χ3v) is 4.41. The smallest absolute Gasteiger partial charge is 0.0356 e. The molecule has 1 nitrogen and oxygen atoms in total. The lowest BCUT2D eigenvalue weighted by Gasteiger charge is -2.25. The van der Waals surface area contributed by atoms with Crippen molar-refractivity contribution in [2.75, 3.05) is 6.54 Å². The highest BCUT2D eigenvalue weighted by Gasteiger charge is 2.19. The van der Waals surface area contributed by atoms with Crippen LogP contribution in [-0.4, -0.2) is 6.54 Å². The zero-order chi connectivity index (χ0) is 12.1. The van der Waals surface area contributed by atoms with Crippen molar-refractivity contribution in [3.8, 4) is 0 Å². The van der Waals surface area contributed by atoms with Crippen LogP contribution in [0.15, 0.2) is 22.7 Å². The van der Waals surface area contributed by atoms with Crippen LogP contribution in [0.5, 0.6) is 0 Å². The highest BCUT2D eigenvalue weighted by Crippen LogP contribution is 2.30. The fourth-order valence-electron chi connectivity index (χ4n) is 1.83. The maximum absolute atomic E-state index is 3.59. The molecule has 90 valence electrons. The molecule has 3 heteroatoms. The van der Waals surface area contributed by atoms with E-state index in [4.69, 9.17) is 0 Å². The van der Waals surface area contributed by atoms with E-state index in [0.717, 1.165) is 11.0 Å². The first-order valence-electron chi connectivity index (χ1n) is 5.78. The summed E-state index contributed by atoms with van der Waals surface area (Å²) in [6, 6.07) is 6.97. The predicted molar refractivity (Wildman–Crippen MR) is 82.7 cm³/mol. The third-order valence-electron chi connectivity index (χ3n) is 2.93. The van der Waals surface area contributed by atoms with E-state index in [9.17, 15) is 0 Å². The van der Waals surface area contributed by atoms with Crippen LogP contribution in [-0.2, 0) is 0 Å². The van der Waals surface area contributed by atoms with Crippen LogP contribution >= 0.6 is 38.5 Å². The molecule has 2 unspecified atom stereocenters. The molecule has 0 aliphatic rings. The number of rotatable bonds is 5. The summed E-state index contributed by atoms with van der Waals surface area (Å²) < 4.78 is 2.50. The van der Waals surface area contributed by atoms with Crippen LogP contribution in [0.25, 0.3) is 0 Å². The lowest BCUT2D eigenvalue weighted by Crippen LogP contribution is -2.27. The topological polar surface area (TPSA) is 12.0 Å². The lowest BCUT2D eigenvalue weighted by atomic mass is 9.92. The van der Waals surface area contributed by atoms with E-state index in [-0.39, 0.29) is 0 Å². The van der Waals surface area contributed by atoms with Gasteiger partial charge in [-0.05, 0) is 58.8 Å². The van der Waals surface area contributed by atoms with Crippen molar-refractivity contribution in [2.24, 2.45) is 5.92 Å². The zero-order valence-corrected chi connectivity index (χ0v) is 13.8. The number of hydrogen-bond acceptors (Lipinski definition) is 1. The van der Waals surface area contributed by atoms with Gasteiger partial charge in [0.15, 0.2) is 0 Å². The monoisotopic (exact) mass is 395 g/mol. The first-order valence-corrected chi connectivity index (χ1v) is 7.65. The molecule has 16 heavy (non-hydrogen) atoms. The Labute approximate surface area is 121 Å². The van der Waals surface area contributed by atoms with Gasteiger partial charge in [0, 0.05) is 14.1 Å². The number of nitrogens with one attached hydrogen (secondary N) is 1. The summed E-state index contributed by atoms with van der Waals surface area (Å²) in [4.78, 5) is 0. The Kier molecular flexibility index (Phi) is 6.29. The molecule has 0 amide bonds. The highest BCUT2D eigenvalue weighted by molar-refractivity contribution is 14.1. The van der Waals surface area contributed by atoms with Gasteiger partial charge in [-0.1, -0.05) is 43.1 Å². The Hall–Kier alpha value is 0.390. The zero-order valence-electron chi connectivity index (χ0n) is 10.1. The molecule has 0 saturated carbocycles. The lowest BCUT2D eigenvalue weighted by molar-refractivity contribution is 0.382. The number of benzene rings is 1. The second-order valence-electron chi connectivity index (χ2n) is 4.09. The second-order valence-corrected chi connectivity index (χ2v) is 6.16. The van der Waals surface area contributed by atoms with E-state index < -0.39 is 0 Å². The van der Waals surface area contributed by atoms with Crippen molar-refractivity contribution in [3.05, 3.63) is 31.8 Å². The van der Waals surface area contributed by atoms with Crippen molar-refractivity contribution in [1.82, 2.24) is 5.32 Å². The van der Waals surface area contributed by atoms with E-state index in [2.05, 4.69) is 82.8 Å². The van der Waals surface area contributed by atoms with Crippen LogP contribution in [0, 0.1) is 9.49 Å². The number of halogens is 2. The Morgan fingerprint density at radius 3 is 2.62 bits per heavy atom. The summed E-state index contributed by atoms with van der Waals surface area (Å²) in [5, 5.41) is 3.59. The van der Waals surface area contributed by atoms with Gasteiger partial charge in [-0.2, -0.15) is 0 Å². The van der Waals surface area contributed by atoms with Crippen molar-refractivity contribution in [1.29, 1.82) is 0 Å². The largest absolute Gasteiger partial charge is 0.310 e. The fourth-order valence-corrected chi connectivity index (χ4v) is 2.88.